The minimum absolute atomic E-state index is 0.117. The van der Waals surface area contributed by atoms with E-state index in [-0.39, 0.29) is 11.7 Å². The maximum atomic E-state index is 13.2. The molecule has 0 aliphatic heterocycles. The Morgan fingerprint density at radius 3 is 2.50 bits per heavy atom. The Labute approximate surface area is 148 Å². The average molecular weight is 360 g/mol. The van der Waals surface area contributed by atoms with Crippen molar-refractivity contribution in [1.82, 2.24) is 0 Å². The van der Waals surface area contributed by atoms with Gasteiger partial charge in [-0.15, -0.1) is 0 Å². The van der Waals surface area contributed by atoms with E-state index < -0.39 is 28.8 Å². The van der Waals surface area contributed by atoms with Gasteiger partial charge in [-0.05, 0) is 36.8 Å². The molecule has 1 N–H and O–H groups in total. The van der Waals surface area contributed by atoms with Crippen LogP contribution >= 0.6 is 0 Å². The largest absolute Gasteiger partial charge is 0.478 e. The number of carbonyl (C=O) groups excluding carboxylic acids is 2. The number of benzene rings is 2. The van der Waals surface area contributed by atoms with Crippen LogP contribution in [-0.2, 0) is 4.79 Å². The Bertz CT molecular complexity index is 821. The highest BCUT2D eigenvalue weighted by atomic mass is 19.1. The third-order valence-corrected chi connectivity index (χ3v) is 3.45. The van der Waals surface area contributed by atoms with E-state index in [0.717, 1.165) is 24.6 Å². The first-order chi connectivity index (χ1) is 12.4. The van der Waals surface area contributed by atoms with Crippen molar-refractivity contribution in [3.63, 3.8) is 0 Å². The molecule has 0 bridgehead atoms. The molecule has 0 saturated carbocycles. The van der Waals surface area contributed by atoms with Gasteiger partial charge in [0, 0.05) is 29.8 Å². The van der Waals surface area contributed by atoms with Crippen LogP contribution in [0.25, 0.3) is 0 Å². The van der Waals surface area contributed by atoms with Gasteiger partial charge in [-0.1, -0.05) is 6.92 Å². The van der Waals surface area contributed by atoms with Crippen molar-refractivity contribution in [2.24, 2.45) is 0 Å². The van der Waals surface area contributed by atoms with Crippen LogP contribution in [0.4, 0.5) is 15.8 Å². The minimum atomic E-state index is -0.715. The van der Waals surface area contributed by atoms with E-state index in [0.29, 0.717) is 17.7 Å². The van der Waals surface area contributed by atoms with E-state index in [1.54, 1.807) is 12.1 Å². The van der Waals surface area contributed by atoms with Gasteiger partial charge in [-0.2, -0.15) is 0 Å². The molecule has 0 atom stereocenters. The van der Waals surface area contributed by atoms with Crippen molar-refractivity contribution < 1.29 is 23.6 Å². The topological polar surface area (TPSA) is 98.5 Å². The third kappa shape index (κ3) is 5.10. The highest BCUT2D eigenvalue weighted by molar-refractivity contribution is 5.98. The van der Waals surface area contributed by atoms with E-state index >= 15 is 0 Å². The van der Waals surface area contributed by atoms with Gasteiger partial charge in [0.2, 0.25) is 5.91 Å². The van der Waals surface area contributed by atoms with Gasteiger partial charge in [0.05, 0.1) is 4.92 Å². The summed E-state index contributed by atoms with van der Waals surface area (Å²) in [6, 6.07) is 8.94. The first kappa shape index (κ1) is 19.0. The molecule has 1 amide bonds. The molecule has 0 saturated heterocycles. The molecule has 8 heteroatoms. The van der Waals surface area contributed by atoms with Crippen LogP contribution in [0, 0.1) is 15.9 Å². The second kappa shape index (κ2) is 8.70. The number of carbonyl (C=O) groups is 2. The van der Waals surface area contributed by atoms with Crippen molar-refractivity contribution in [2.45, 2.75) is 19.8 Å². The van der Waals surface area contributed by atoms with Gasteiger partial charge in [0.15, 0.2) is 18.1 Å². The first-order valence-electron chi connectivity index (χ1n) is 7.90. The molecule has 2 aromatic carbocycles. The van der Waals surface area contributed by atoms with Gasteiger partial charge >= 0.3 is 5.69 Å². The number of nitrogens with zero attached hydrogens (tertiary/aromatic N) is 1. The molecule has 2 rings (SSSR count). The predicted octanol–water partition coefficient (Wildman–Crippen LogP) is 3.73. The van der Waals surface area contributed by atoms with Crippen LogP contribution in [0.15, 0.2) is 42.5 Å². The fourth-order valence-corrected chi connectivity index (χ4v) is 2.17. The van der Waals surface area contributed by atoms with Crippen molar-refractivity contribution in [3.05, 3.63) is 64.0 Å². The number of amides is 1. The molecule has 0 radical (unpaired) electrons. The van der Waals surface area contributed by atoms with Crippen LogP contribution in [0.3, 0.4) is 0 Å². The number of anilines is 1. The molecule has 0 aliphatic rings. The number of ether oxygens (including phenoxy) is 1. The maximum Gasteiger partial charge on any atom is 0.311 e. The normalized spacial score (nSPS) is 10.2. The molecular formula is C18H17FN2O5. The summed E-state index contributed by atoms with van der Waals surface area (Å²) in [5.74, 6) is -1.57. The maximum absolute atomic E-state index is 13.2. The van der Waals surface area contributed by atoms with Crippen LogP contribution in [-0.4, -0.2) is 23.2 Å². The zero-order valence-electron chi connectivity index (χ0n) is 14.0. The number of halogens is 1. The Kier molecular flexibility index (Phi) is 6.37. The number of hydrogen-bond donors (Lipinski definition) is 1. The van der Waals surface area contributed by atoms with E-state index in [4.69, 9.17) is 4.74 Å². The number of rotatable bonds is 8. The summed E-state index contributed by atoms with van der Waals surface area (Å²) in [4.78, 5) is 33.9. The van der Waals surface area contributed by atoms with Crippen molar-refractivity contribution in [3.8, 4) is 5.75 Å². The molecule has 0 unspecified atom stereocenters. The Morgan fingerprint density at radius 2 is 1.88 bits per heavy atom. The quantitative estimate of drug-likeness (QED) is 0.439. The van der Waals surface area contributed by atoms with E-state index in [9.17, 15) is 24.1 Å². The van der Waals surface area contributed by atoms with Crippen LogP contribution in [0.1, 0.15) is 30.1 Å². The number of nitro groups is 1. The molecule has 0 heterocycles. The number of Topliss-reactive ketones (excluding diaryl/α,β-unsaturated/α-hetero) is 1. The van der Waals surface area contributed by atoms with Crippen LogP contribution in [0.5, 0.6) is 5.75 Å². The zero-order valence-corrected chi connectivity index (χ0v) is 14.0. The molecule has 7 nitrogen and oxygen atoms in total. The van der Waals surface area contributed by atoms with Gasteiger partial charge in [-0.25, -0.2) is 4.39 Å². The van der Waals surface area contributed by atoms with Crippen LogP contribution in [0.2, 0.25) is 0 Å². The lowest BCUT2D eigenvalue weighted by Gasteiger charge is -2.08. The second-order valence-electron chi connectivity index (χ2n) is 5.46. The highest BCUT2D eigenvalue weighted by Gasteiger charge is 2.17. The zero-order chi connectivity index (χ0) is 19.1. The Morgan fingerprint density at radius 1 is 1.19 bits per heavy atom. The lowest BCUT2D eigenvalue weighted by atomic mass is 10.1. The van der Waals surface area contributed by atoms with Gasteiger partial charge in [0.1, 0.15) is 5.82 Å². The number of hydrogen-bond acceptors (Lipinski definition) is 5. The number of nitro benzene ring substituents is 1. The molecule has 0 aromatic heterocycles. The fourth-order valence-electron chi connectivity index (χ4n) is 2.17. The summed E-state index contributed by atoms with van der Waals surface area (Å²) in [6.45, 7) is 1.41. The monoisotopic (exact) mass is 360 g/mol. The summed E-state index contributed by atoms with van der Waals surface area (Å²) in [7, 11) is 0. The van der Waals surface area contributed by atoms with Crippen LogP contribution < -0.4 is 10.1 Å². The molecule has 0 aliphatic carbocycles. The van der Waals surface area contributed by atoms with Gasteiger partial charge in [-0.3, -0.25) is 19.7 Å². The first-order valence-corrected chi connectivity index (χ1v) is 7.90. The molecule has 136 valence electrons. The highest BCUT2D eigenvalue weighted by Crippen LogP contribution is 2.27. The fraction of sp³-hybridized carbons (Fsp3) is 0.222. The summed E-state index contributed by atoms with van der Waals surface area (Å²) < 4.78 is 18.4. The molecule has 0 spiro atoms. The summed E-state index contributed by atoms with van der Waals surface area (Å²) in [6.07, 6.45) is 1.13. The second-order valence-corrected chi connectivity index (χ2v) is 5.46. The standard InChI is InChI=1S/C18H17FN2O5/c1-2-3-18(23)20-14-7-4-12(5-8-14)16(22)11-26-17-10-13(19)6-9-15(17)21(24)25/h4-10H,2-3,11H2,1H3,(H,20,23). The predicted molar refractivity (Wildman–Crippen MR) is 92.9 cm³/mol. The number of ketones is 1. The average Bonchev–Trinajstić information content (AvgIpc) is 2.60. The van der Waals surface area contributed by atoms with Gasteiger partial charge < -0.3 is 10.1 Å². The molecule has 0 fully saturated rings. The Balaban J connectivity index is 2.01. The van der Waals surface area contributed by atoms with Gasteiger partial charge in [0.25, 0.3) is 0 Å². The summed E-state index contributed by atoms with van der Waals surface area (Å²) >= 11 is 0. The third-order valence-electron chi connectivity index (χ3n) is 3.45. The smallest absolute Gasteiger partial charge is 0.311 e. The lowest BCUT2D eigenvalue weighted by Crippen LogP contribution is -2.13. The molecular weight excluding hydrogens is 343 g/mol. The summed E-state index contributed by atoms with van der Waals surface area (Å²) in [5.41, 5.74) is 0.437. The van der Waals surface area contributed by atoms with Crippen molar-refractivity contribution >= 4 is 23.1 Å². The SMILES string of the molecule is CCCC(=O)Nc1ccc(C(=O)COc2cc(F)ccc2[N+](=O)[O-])cc1. The van der Waals surface area contributed by atoms with Crippen molar-refractivity contribution in [2.75, 3.05) is 11.9 Å². The molecule has 26 heavy (non-hydrogen) atoms. The van der Waals surface area contributed by atoms with Crippen molar-refractivity contribution in [1.29, 1.82) is 0 Å². The Hall–Kier alpha value is -3.29. The molecule has 2 aromatic rings. The lowest BCUT2D eigenvalue weighted by molar-refractivity contribution is -0.385. The number of nitrogens with one attached hydrogen (secondary N) is 1. The van der Waals surface area contributed by atoms with E-state index in [1.807, 2.05) is 6.92 Å². The summed E-state index contributed by atoms with van der Waals surface area (Å²) in [5, 5.41) is 13.6. The minimum Gasteiger partial charge on any atom is -0.478 e. The van der Waals surface area contributed by atoms with E-state index in [2.05, 4.69) is 5.32 Å². The van der Waals surface area contributed by atoms with E-state index in [1.165, 1.54) is 12.1 Å².